The molecule has 0 atom stereocenters. The molecule has 0 aliphatic heterocycles. The lowest BCUT2D eigenvalue weighted by Crippen LogP contribution is -2.13. The fourth-order valence-corrected chi connectivity index (χ4v) is 7.70. The van der Waals surface area contributed by atoms with Gasteiger partial charge in [-0.1, -0.05) is 12.1 Å². The average Bonchev–Trinajstić information content (AvgIpc) is 2.84. The van der Waals surface area contributed by atoms with Crippen LogP contribution in [0.3, 0.4) is 0 Å². The SMILES string of the molecule is CCOP(=O)(CS(=O)(=O)c1ccc(CC(=O)c2nc(-c3cc(F)ccc3C#N)cnc2N)cc1)OCC. The van der Waals surface area contributed by atoms with Gasteiger partial charge in [0.15, 0.2) is 26.9 Å². The molecule has 0 radical (unpaired) electrons. The third-order valence-corrected chi connectivity index (χ3v) is 9.99. The van der Waals surface area contributed by atoms with E-state index in [2.05, 4.69) is 9.97 Å². The number of nitrogen functional groups attached to an aromatic ring is 1. The highest BCUT2D eigenvalue weighted by Crippen LogP contribution is 2.50. The molecule has 1 heterocycles. The number of ketones is 1. The minimum absolute atomic E-state index is 0.0259. The first kappa shape index (κ1) is 28.1. The maximum absolute atomic E-state index is 13.8. The minimum atomic E-state index is -4.01. The first-order valence-electron chi connectivity index (χ1n) is 11.1. The van der Waals surface area contributed by atoms with Crippen LogP contribution >= 0.6 is 7.60 Å². The van der Waals surface area contributed by atoms with Crippen LogP contribution in [0.4, 0.5) is 10.2 Å². The highest BCUT2D eigenvalue weighted by Gasteiger charge is 2.32. The fourth-order valence-electron chi connectivity index (χ4n) is 3.43. The molecule has 0 fully saturated rings. The van der Waals surface area contributed by atoms with Gasteiger partial charge in [0.1, 0.15) is 11.5 Å². The first-order chi connectivity index (χ1) is 17.5. The van der Waals surface area contributed by atoms with Gasteiger partial charge in [-0.2, -0.15) is 5.26 Å². The number of aromatic nitrogens is 2. The summed E-state index contributed by atoms with van der Waals surface area (Å²) in [6.45, 7) is 3.21. The number of hydrogen-bond donors (Lipinski definition) is 1. The predicted octanol–water partition coefficient (Wildman–Crippen LogP) is 4.16. The summed E-state index contributed by atoms with van der Waals surface area (Å²) in [4.78, 5) is 21.0. The standard InChI is InChI=1S/C24H24FN4O6PS/c1-3-34-36(31,35-4-2)15-37(32,33)19-9-5-16(6-10-19)11-22(30)23-24(27)28-14-21(29-23)20-12-18(25)8-7-17(20)13-26/h5-10,12,14H,3-4,11,15H2,1-2H3,(H2,27,28). The Balaban J connectivity index is 1.83. The molecule has 3 aromatic rings. The van der Waals surface area contributed by atoms with Crippen LogP contribution in [0.5, 0.6) is 0 Å². The van der Waals surface area contributed by atoms with Crippen molar-refractivity contribution in [2.45, 2.75) is 25.2 Å². The number of benzene rings is 2. The van der Waals surface area contributed by atoms with Gasteiger partial charge in [-0.15, -0.1) is 0 Å². The molecule has 2 N–H and O–H groups in total. The van der Waals surface area contributed by atoms with Crippen molar-refractivity contribution in [1.82, 2.24) is 9.97 Å². The molecule has 0 amide bonds. The summed E-state index contributed by atoms with van der Waals surface area (Å²) in [6, 6.07) is 10.9. The van der Waals surface area contributed by atoms with E-state index in [1.807, 2.05) is 6.07 Å². The molecule has 0 aliphatic carbocycles. The van der Waals surface area contributed by atoms with Crippen LogP contribution in [0.2, 0.25) is 0 Å². The number of rotatable bonds is 11. The number of carbonyl (C=O) groups excluding carboxylic acids is 1. The third kappa shape index (κ3) is 6.84. The van der Waals surface area contributed by atoms with Crippen LogP contribution in [0.1, 0.15) is 35.5 Å². The van der Waals surface area contributed by atoms with Crippen molar-refractivity contribution in [2.75, 3.05) is 24.4 Å². The van der Waals surface area contributed by atoms with E-state index in [0.29, 0.717) is 5.56 Å². The molecule has 0 aliphatic rings. The summed E-state index contributed by atoms with van der Waals surface area (Å²) >= 11 is 0. The number of nitriles is 1. The van der Waals surface area contributed by atoms with Gasteiger partial charge in [0, 0.05) is 12.0 Å². The van der Waals surface area contributed by atoms with Crippen LogP contribution in [-0.2, 0) is 29.9 Å². The van der Waals surface area contributed by atoms with Gasteiger partial charge in [0.05, 0.1) is 41.6 Å². The molecule has 3 rings (SSSR count). The summed E-state index contributed by atoms with van der Waals surface area (Å²) < 4.78 is 62.1. The van der Waals surface area contributed by atoms with Crippen molar-refractivity contribution in [1.29, 1.82) is 5.26 Å². The van der Waals surface area contributed by atoms with Crippen LogP contribution < -0.4 is 5.73 Å². The Labute approximate surface area is 213 Å². The number of nitrogens with two attached hydrogens (primary N) is 1. The maximum Gasteiger partial charge on any atom is 0.346 e. The van der Waals surface area contributed by atoms with Crippen molar-refractivity contribution in [3.63, 3.8) is 0 Å². The molecule has 194 valence electrons. The number of carbonyl (C=O) groups is 1. The molecule has 0 saturated heterocycles. The lowest BCUT2D eigenvalue weighted by atomic mass is 10.0. The number of Topliss-reactive ketones (excluding diaryl/α,β-unsaturated/α-hetero) is 1. The van der Waals surface area contributed by atoms with Crippen LogP contribution in [-0.4, -0.2) is 42.9 Å². The Bertz CT molecular complexity index is 1500. The Hall–Kier alpha value is -3.49. The Morgan fingerprint density at radius 2 is 1.78 bits per heavy atom. The zero-order chi connectivity index (χ0) is 27.2. The molecule has 37 heavy (non-hydrogen) atoms. The Morgan fingerprint density at radius 3 is 2.38 bits per heavy atom. The molecule has 10 nitrogen and oxygen atoms in total. The smallest absolute Gasteiger partial charge is 0.346 e. The van der Waals surface area contributed by atoms with E-state index in [1.165, 1.54) is 36.5 Å². The number of anilines is 1. The molecule has 0 spiro atoms. The van der Waals surface area contributed by atoms with Gasteiger partial charge >= 0.3 is 7.60 Å². The number of sulfone groups is 1. The fraction of sp³-hybridized carbons (Fsp3) is 0.250. The zero-order valence-electron chi connectivity index (χ0n) is 20.0. The summed E-state index contributed by atoms with van der Waals surface area (Å²) in [5, 5.41) is 9.31. The van der Waals surface area contributed by atoms with Gasteiger partial charge in [0.25, 0.3) is 0 Å². The van der Waals surface area contributed by atoms with E-state index in [0.717, 1.165) is 12.1 Å². The van der Waals surface area contributed by atoms with Crippen LogP contribution in [0, 0.1) is 17.1 Å². The second-order valence-electron chi connectivity index (χ2n) is 7.73. The predicted molar refractivity (Wildman–Crippen MR) is 134 cm³/mol. The average molecular weight is 547 g/mol. The second kappa shape index (κ2) is 11.7. The second-order valence-corrected chi connectivity index (χ2v) is 12.2. The topological polar surface area (TPSA) is 162 Å². The van der Waals surface area contributed by atoms with E-state index in [9.17, 15) is 27.4 Å². The monoisotopic (exact) mass is 546 g/mol. The van der Waals surface area contributed by atoms with Crippen LogP contribution in [0.15, 0.2) is 53.6 Å². The molecular weight excluding hydrogens is 522 g/mol. The summed E-state index contributed by atoms with van der Waals surface area (Å²) in [7, 11) is -7.85. The Morgan fingerprint density at radius 1 is 1.14 bits per heavy atom. The maximum atomic E-state index is 13.8. The van der Waals surface area contributed by atoms with Gasteiger partial charge in [-0.05, 0) is 49.7 Å². The zero-order valence-corrected chi connectivity index (χ0v) is 21.8. The quantitative estimate of drug-likeness (QED) is 0.273. The minimum Gasteiger partial charge on any atom is -0.382 e. The van der Waals surface area contributed by atoms with Crippen molar-refractivity contribution < 1.29 is 31.2 Å². The van der Waals surface area contributed by atoms with Gasteiger partial charge in [0.2, 0.25) is 0 Å². The molecule has 13 heteroatoms. The Kier molecular flexibility index (Phi) is 8.89. The van der Waals surface area contributed by atoms with Crippen LogP contribution in [0.25, 0.3) is 11.3 Å². The summed E-state index contributed by atoms with van der Waals surface area (Å²) in [6.07, 6.45) is 1.05. The van der Waals surface area contributed by atoms with E-state index in [1.54, 1.807) is 13.8 Å². The molecular formula is C24H24FN4O6PS. The van der Waals surface area contributed by atoms with E-state index in [4.69, 9.17) is 14.8 Å². The molecule has 0 saturated carbocycles. The van der Waals surface area contributed by atoms with Crippen molar-refractivity contribution >= 4 is 29.0 Å². The number of nitrogens with zero attached hydrogens (tertiary/aromatic N) is 3. The van der Waals surface area contributed by atoms with E-state index < -0.39 is 34.5 Å². The number of halogens is 1. The molecule has 0 bridgehead atoms. The largest absolute Gasteiger partial charge is 0.382 e. The third-order valence-electron chi connectivity index (χ3n) is 5.07. The van der Waals surface area contributed by atoms with Gasteiger partial charge in [-0.25, -0.2) is 22.8 Å². The van der Waals surface area contributed by atoms with Crippen molar-refractivity contribution in [2.24, 2.45) is 0 Å². The van der Waals surface area contributed by atoms with Crippen molar-refractivity contribution in [3.8, 4) is 17.3 Å². The van der Waals surface area contributed by atoms with Gasteiger partial charge in [-0.3, -0.25) is 9.36 Å². The first-order valence-corrected chi connectivity index (χ1v) is 14.5. The van der Waals surface area contributed by atoms with E-state index in [-0.39, 0.29) is 52.9 Å². The lowest BCUT2D eigenvalue weighted by molar-refractivity contribution is 0.0989. The van der Waals surface area contributed by atoms with Crippen molar-refractivity contribution in [3.05, 3.63) is 71.3 Å². The molecule has 2 aromatic carbocycles. The van der Waals surface area contributed by atoms with Gasteiger partial charge < -0.3 is 14.8 Å². The highest BCUT2D eigenvalue weighted by molar-refractivity contribution is 7.97. The molecule has 0 unspecified atom stereocenters. The van der Waals surface area contributed by atoms with E-state index >= 15 is 0 Å². The lowest BCUT2D eigenvalue weighted by Gasteiger charge is -2.17. The number of hydrogen-bond acceptors (Lipinski definition) is 10. The summed E-state index contributed by atoms with van der Waals surface area (Å²) in [5.74, 6) is -1.26. The summed E-state index contributed by atoms with van der Waals surface area (Å²) in [5.41, 5.74) is 5.73. The molecule has 1 aromatic heterocycles. The highest BCUT2D eigenvalue weighted by atomic mass is 32.2. The normalized spacial score (nSPS) is 11.7.